The van der Waals surface area contributed by atoms with Crippen molar-refractivity contribution in [3.05, 3.63) is 23.8 Å². The normalized spacial score (nSPS) is 10.4. The summed E-state index contributed by atoms with van der Waals surface area (Å²) in [6.07, 6.45) is 0. The number of hydrogen-bond donors (Lipinski definition) is 1. The Bertz CT molecular complexity index is 416. The predicted octanol–water partition coefficient (Wildman–Crippen LogP) is 2.87. The molecule has 1 aromatic carbocycles. The van der Waals surface area contributed by atoms with E-state index in [4.69, 9.17) is 9.47 Å². The average molecular weight is 265 g/mol. The smallest absolute Gasteiger partial charge is 0.251 e. The van der Waals surface area contributed by atoms with Crippen LogP contribution in [0, 0.1) is 5.92 Å². The third kappa shape index (κ3) is 4.81. The molecule has 0 fully saturated rings. The summed E-state index contributed by atoms with van der Waals surface area (Å²) in [7, 11) is 0. The first-order chi connectivity index (χ1) is 9.08. The van der Waals surface area contributed by atoms with Gasteiger partial charge in [0.1, 0.15) is 0 Å². The number of rotatable bonds is 7. The Hall–Kier alpha value is -1.71. The first kappa shape index (κ1) is 15.3. The molecule has 0 atom stereocenters. The maximum atomic E-state index is 12.0. The first-order valence-electron chi connectivity index (χ1n) is 6.76. The summed E-state index contributed by atoms with van der Waals surface area (Å²) in [5.41, 5.74) is 0.590. The molecule has 1 rings (SSSR count). The highest BCUT2D eigenvalue weighted by molar-refractivity contribution is 5.94. The van der Waals surface area contributed by atoms with E-state index in [1.165, 1.54) is 0 Å². The lowest BCUT2D eigenvalue weighted by Crippen LogP contribution is -2.27. The van der Waals surface area contributed by atoms with Gasteiger partial charge in [-0.2, -0.15) is 0 Å². The van der Waals surface area contributed by atoms with Crippen LogP contribution in [0.3, 0.4) is 0 Å². The molecule has 0 saturated heterocycles. The van der Waals surface area contributed by atoms with Crippen molar-refractivity contribution in [3.8, 4) is 11.5 Å². The van der Waals surface area contributed by atoms with Gasteiger partial charge in [-0.3, -0.25) is 4.79 Å². The van der Waals surface area contributed by atoms with E-state index in [0.29, 0.717) is 42.7 Å². The molecule has 0 aromatic heterocycles. The predicted molar refractivity (Wildman–Crippen MR) is 76.0 cm³/mol. The largest absolute Gasteiger partial charge is 0.490 e. The minimum absolute atomic E-state index is 0.0855. The molecule has 1 amide bonds. The Balaban J connectivity index is 2.84. The second kappa shape index (κ2) is 7.67. The van der Waals surface area contributed by atoms with E-state index in [-0.39, 0.29) is 5.91 Å². The van der Waals surface area contributed by atoms with Gasteiger partial charge in [-0.05, 0) is 38.0 Å². The fourth-order valence-corrected chi connectivity index (χ4v) is 1.59. The van der Waals surface area contributed by atoms with Gasteiger partial charge in [-0.15, -0.1) is 0 Å². The number of amides is 1. The SMILES string of the molecule is CCOc1ccc(C(=O)NCC(C)C)cc1OCC. The monoisotopic (exact) mass is 265 g/mol. The standard InChI is InChI=1S/C15H23NO3/c1-5-18-13-8-7-12(9-14(13)19-6-2)15(17)16-10-11(3)4/h7-9,11H,5-6,10H2,1-4H3,(H,16,17). The highest BCUT2D eigenvalue weighted by atomic mass is 16.5. The van der Waals surface area contributed by atoms with Crippen LogP contribution in [-0.4, -0.2) is 25.7 Å². The van der Waals surface area contributed by atoms with Crippen LogP contribution < -0.4 is 14.8 Å². The van der Waals surface area contributed by atoms with E-state index < -0.39 is 0 Å². The van der Waals surface area contributed by atoms with E-state index in [9.17, 15) is 4.79 Å². The van der Waals surface area contributed by atoms with Crippen molar-refractivity contribution in [2.45, 2.75) is 27.7 Å². The molecule has 0 heterocycles. The molecule has 106 valence electrons. The molecule has 0 bridgehead atoms. The fraction of sp³-hybridized carbons (Fsp3) is 0.533. The number of hydrogen-bond acceptors (Lipinski definition) is 3. The number of carbonyl (C=O) groups is 1. The zero-order chi connectivity index (χ0) is 14.3. The summed E-state index contributed by atoms with van der Waals surface area (Å²) in [5.74, 6) is 1.63. The Labute approximate surface area is 115 Å². The van der Waals surface area contributed by atoms with E-state index in [0.717, 1.165) is 0 Å². The lowest BCUT2D eigenvalue weighted by Gasteiger charge is -2.13. The van der Waals surface area contributed by atoms with Gasteiger partial charge in [0.25, 0.3) is 5.91 Å². The first-order valence-corrected chi connectivity index (χ1v) is 6.76. The van der Waals surface area contributed by atoms with Crippen LogP contribution in [-0.2, 0) is 0 Å². The summed E-state index contributed by atoms with van der Waals surface area (Å²) >= 11 is 0. The Morgan fingerprint density at radius 2 is 1.79 bits per heavy atom. The van der Waals surface area contributed by atoms with Crippen LogP contribution in [0.25, 0.3) is 0 Å². The molecule has 0 unspecified atom stereocenters. The second-order valence-electron chi connectivity index (χ2n) is 4.63. The fourth-order valence-electron chi connectivity index (χ4n) is 1.59. The minimum atomic E-state index is -0.0855. The van der Waals surface area contributed by atoms with E-state index in [1.807, 2.05) is 13.8 Å². The van der Waals surface area contributed by atoms with E-state index in [1.54, 1.807) is 18.2 Å². The number of nitrogens with one attached hydrogen (secondary N) is 1. The summed E-state index contributed by atoms with van der Waals surface area (Å²) in [5, 5.41) is 2.88. The molecule has 0 spiro atoms. The van der Waals surface area contributed by atoms with Gasteiger partial charge in [0.15, 0.2) is 11.5 Å². The maximum Gasteiger partial charge on any atom is 0.251 e. The maximum absolute atomic E-state index is 12.0. The molecule has 0 aliphatic rings. The van der Waals surface area contributed by atoms with Crippen LogP contribution in [0.1, 0.15) is 38.1 Å². The zero-order valence-electron chi connectivity index (χ0n) is 12.2. The highest BCUT2D eigenvalue weighted by Gasteiger charge is 2.11. The van der Waals surface area contributed by atoms with Crippen molar-refractivity contribution < 1.29 is 14.3 Å². The lowest BCUT2D eigenvalue weighted by molar-refractivity contribution is 0.0948. The van der Waals surface area contributed by atoms with Crippen molar-refractivity contribution in [2.24, 2.45) is 5.92 Å². The summed E-state index contributed by atoms with van der Waals surface area (Å²) in [4.78, 5) is 12.0. The molecule has 4 nitrogen and oxygen atoms in total. The molecule has 1 aromatic rings. The topological polar surface area (TPSA) is 47.6 Å². The summed E-state index contributed by atoms with van der Waals surface area (Å²) < 4.78 is 11.0. The van der Waals surface area contributed by atoms with Gasteiger partial charge in [0.05, 0.1) is 13.2 Å². The Morgan fingerprint density at radius 3 is 2.37 bits per heavy atom. The van der Waals surface area contributed by atoms with Crippen LogP contribution in [0.5, 0.6) is 11.5 Å². The quantitative estimate of drug-likeness (QED) is 0.824. The molecule has 4 heteroatoms. The van der Waals surface area contributed by atoms with Crippen molar-refractivity contribution >= 4 is 5.91 Å². The number of carbonyl (C=O) groups excluding carboxylic acids is 1. The van der Waals surface area contributed by atoms with Gasteiger partial charge < -0.3 is 14.8 Å². The minimum Gasteiger partial charge on any atom is -0.490 e. The van der Waals surface area contributed by atoms with Crippen LogP contribution in [0.2, 0.25) is 0 Å². The Morgan fingerprint density at radius 1 is 1.16 bits per heavy atom. The molecule has 0 saturated carbocycles. The van der Waals surface area contributed by atoms with Gasteiger partial charge in [-0.1, -0.05) is 13.8 Å². The summed E-state index contributed by atoms with van der Waals surface area (Å²) in [6.45, 7) is 9.71. The van der Waals surface area contributed by atoms with Crippen molar-refractivity contribution in [1.82, 2.24) is 5.32 Å². The molecule has 19 heavy (non-hydrogen) atoms. The molecule has 0 aliphatic carbocycles. The van der Waals surface area contributed by atoms with Crippen molar-refractivity contribution in [2.75, 3.05) is 19.8 Å². The van der Waals surface area contributed by atoms with Gasteiger partial charge in [-0.25, -0.2) is 0 Å². The van der Waals surface area contributed by atoms with Crippen molar-refractivity contribution in [1.29, 1.82) is 0 Å². The van der Waals surface area contributed by atoms with Crippen LogP contribution >= 0.6 is 0 Å². The number of ether oxygens (including phenoxy) is 2. The van der Waals surface area contributed by atoms with Gasteiger partial charge in [0, 0.05) is 12.1 Å². The molecular weight excluding hydrogens is 242 g/mol. The summed E-state index contributed by atoms with van der Waals surface area (Å²) in [6, 6.07) is 5.26. The lowest BCUT2D eigenvalue weighted by atomic mass is 10.1. The molecule has 0 aliphatic heterocycles. The zero-order valence-corrected chi connectivity index (χ0v) is 12.2. The van der Waals surface area contributed by atoms with Crippen LogP contribution in [0.4, 0.5) is 0 Å². The molecular formula is C15H23NO3. The third-order valence-corrected chi connectivity index (χ3v) is 2.48. The molecule has 1 N–H and O–H groups in total. The number of benzene rings is 1. The van der Waals surface area contributed by atoms with E-state index >= 15 is 0 Å². The molecule has 0 radical (unpaired) electrons. The van der Waals surface area contributed by atoms with Gasteiger partial charge >= 0.3 is 0 Å². The van der Waals surface area contributed by atoms with E-state index in [2.05, 4.69) is 19.2 Å². The van der Waals surface area contributed by atoms with Crippen LogP contribution in [0.15, 0.2) is 18.2 Å². The second-order valence-corrected chi connectivity index (χ2v) is 4.63. The third-order valence-electron chi connectivity index (χ3n) is 2.48. The highest BCUT2D eigenvalue weighted by Crippen LogP contribution is 2.28. The Kier molecular flexibility index (Phi) is 6.19. The average Bonchev–Trinajstić information content (AvgIpc) is 2.38. The van der Waals surface area contributed by atoms with Crippen molar-refractivity contribution in [3.63, 3.8) is 0 Å². The van der Waals surface area contributed by atoms with Gasteiger partial charge in [0.2, 0.25) is 0 Å².